The summed E-state index contributed by atoms with van der Waals surface area (Å²) in [7, 11) is 4.82. The van der Waals surface area contributed by atoms with Gasteiger partial charge in [0.05, 0.1) is 27.9 Å². The van der Waals surface area contributed by atoms with Crippen LogP contribution < -0.4 is 24.8 Å². The molecule has 162 valence electrons. The number of thioether (sulfide) groups is 1. The molecule has 0 aliphatic heterocycles. The van der Waals surface area contributed by atoms with Crippen LogP contribution in [0.5, 0.6) is 17.2 Å². The second-order valence-electron chi connectivity index (χ2n) is 5.66. The number of nitrogens with one attached hydrogen (secondary N) is 2. The number of benzene rings is 1. The fourth-order valence-corrected chi connectivity index (χ4v) is 4.11. The number of thiazole rings is 1. The monoisotopic (exact) mass is 552 g/mol. The van der Waals surface area contributed by atoms with Crippen LogP contribution >= 0.6 is 47.1 Å². The van der Waals surface area contributed by atoms with Gasteiger partial charge < -0.3 is 24.8 Å². The summed E-state index contributed by atoms with van der Waals surface area (Å²) in [4.78, 5) is 8.94. The van der Waals surface area contributed by atoms with Gasteiger partial charge in [0.2, 0.25) is 5.75 Å². The molecule has 2 rings (SSSR count). The maximum Gasteiger partial charge on any atom is 0.203 e. The number of rotatable bonds is 11. The molecule has 1 heterocycles. The Hall–Kier alpha value is -1.40. The van der Waals surface area contributed by atoms with E-state index >= 15 is 0 Å². The largest absolute Gasteiger partial charge is 0.493 e. The van der Waals surface area contributed by atoms with Gasteiger partial charge in [0.25, 0.3) is 0 Å². The van der Waals surface area contributed by atoms with Crippen LogP contribution in [0.3, 0.4) is 0 Å². The summed E-state index contributed by atoms with van der Waals surface area (Å²) in [5.74, 6) is 3.65. The number of hydrogen-bond donors (Lipinski definition) is 2. The molecule has 10 heteroatoms. The normalized spacial score (nSPS) is 10.8. The van der Waals surface area contributed by atoms with E-state index in [4.69, 9.17) is 14.2 Å². The zero-order valence-electron chi connectivity index (χ0n) is 17.2. The molecule has 0 aliphatic carbocycles. The standard InChI is InChI=1S/C19H28N4O3S2.HI/c1-5-20-18(21-7-6-9-27-19-22-8-10-28-19)23-13-14-11-15(24-2)17(26-4)16(12-14)25-3;/h8,10-12H,5-7,9,13H2,1-4H3,(H2,20,21,23);1H. The second kappa shape index (κ2) is 14.6. The van der Waals surface area contributed by atoms with E-state index in [1.165, 1.54) is 0 Å². The minimum absolute atomic E-state index is 0. The summed E-state index contributed by atoms with van der Waals surface area (Å²) >= 11 is 3.46. The quantitative estimate of drug-likeness (QED) is 0.143. The lowest BCUT2D eigenvalue weighted by Crippen LogP contribution is -2.37. The van der Waals surface area contributed by atoms with Crippen LogP contribution in [0.25, 0.3) is 0 Å². The lowest BCUT2D eigenvalue weighted by molar-refractivity contribution is 0.324. The number of ether oxygens (including phenoxy) is 3. The van der Waals surface area contributed by atoms with Gasteiger partial charge in [-0.1, -0.05) is 11.8 Å². The molecule has 1 aromatic heterocycles. The zero-order valence-corrected chi connectivity index (χ0v) is 21.2. The molecule has 0 unspecified atom stereocenters. The highest BCUT2D eigenvalue weighted by atomic mass is 127. The van der Waals surface area contributed by atoms with Gasteiger partial charge in [-0.2, -0.15) is 0 Å². The van der Waals surface area contributed by atoms with Crippen molar-refractivity contribution in [2.75, 3.05) is 40.2 Å². The van der Waals surface area contributed by atoms with Gasteiger partial charge in [-0.3, -0.25) is 0 Å². The van der Waals surface area contributed by atoms with E-state index in [9.17, 15) is 0 Å². The number of nitrogens with zero attached hydrogens (tertiary/aromatic N) is 2. The third kappa shape index (κ3) is 8.47. The number of halogens is 1. The minimum atomic E-state index is 0. The molecule has 0 saturated carbocycles. The number of guanidine groups is 1. The van der Waals surface area contributed by atoms with E-state index in [0.29, 0.717) is 23.8 Å². The Morgan fingerprint density at radius 2 is 1.86 bits per heavy atom. The summed E-state index contributed by atoms with van der Waals surface area (Å²) in [5, 5.41) is 8.64. The molecule has 0 spiro atoms. The van der Waals surface area contributed by atoms with Crippen LogP contribution in [0.15, 0.2) is 33.0 Å². The Morgan fingerprint density at radius 1 is 1.14 bits per heavy atom. The van der Waals surface area contributed by atoms with Crippen molar-refractivity contribution in [3.8, 4) is 17.2 Å². The van der Waals surface area contributed by atoms with E-state index in [2.05, 4.69) is 27.5 Å². The van der Waals surface area contributed by atoms with Crippen LogP contribution in [0, 0.1) is 0 Å². The van der Waals surface area contributed by atoms with E-state index in [1.54, 1.807) is 44.4 Å². The average Bonchev–Trinajstić information content (AvgIpc) is 3.24. The maximum atomic E-state index is 5.40. The molecule has 2 N–H and O–H groups in total. The van der Waals surface area contributed by atoms with E-state index in [1.807, 2.05) is 23.7 Å². The van der Waals surface area contributed by atoms with Gasteiger partial charge in [0.1, 0.15) is 4.34 Å². The molecule has 0 aliphatic rings. The van der Waals surface area contributed by atoms with Gasteiger partial charge in [0, 0.05) is 30.4 Å². The molecule has 7 nitrogen and oxygen atoms in total. The molecule has 0 bridgehead atoms. The fraction of sp³-hybridized carbons (Fsp3) is 0.474. The van der Waals surface area contributed by atoms with Crippen molar-refractivity contribution in [1.29, 1.82) is 0 Å². The van der Waals surface area contributed by atoms with Crippen molar-refractivity contribution in [1.82, 2.24) is 15.6 Å². The first-order chi connectivity index (χ1) is 13.7. The highest BCUT2D eigenvalue weighted by Crippen LogP contribution is 2.38. The topological polar surface area (TPSA) is 77.0 Å². The number of methoxy groups -OCH3 is 3. The summed E-state index contributed by atoms with van der Waals surface area (Å²) in [6, 6.07) is 3.83. The van der Waals surface area contributed by atoms with Crippen molar-refractivity contribution in [2.24, 2.45) is 4.99 Å². The minimum Gasteiger partial charge on any atom is -0.493 e. The summed E-state index contributed by atoms with van der Waals surface area (Å²) in [6.45, 7) is 4.20. The number of hydrogen-bond acceptors (Lipinski definition) is 7. The Kier molecular flexibility index (Phi) is 12.9. The first kappa shape index (κ1) is 25.6. The van der Waals surface area contributed by atoms with Crippen molar-refractivity contribution in [2.45, 2.75) is 24.2 Å². The molecular weight excluding hydrogens is 523 g/mol. The summed E-state index contributed by atoms with van der Waals surface area (Å²) in [5.41, 5.74) is 0.978. The Balaban J connectivity index is 0.00000420. The summed E-state index contributed by atoms with van der Waals surface area (Å²) < 4.78 is 17.3. The predicted octanol–water partition coefficient (Wildman–Crippen LogP) is 4.02. The first-order valence-electron chi connectivity index (χ1n) is 9.05. The molecule has 0 fully saturated rings. The lowest BCUT2D eigenvalue weighted by atomic mass is 10.2. The predicted molar refractivity (Wildman–Crippen MR) is 132 cm³/mol. The Bertz CT molecular complexity index is 720. The van der Waals surface area contributed by atoms with Gasteiger partial charge in [-0.15, -0.1) is 35.3 Å². The molecule has 0 amide bonds. The molecule has 1 aromatic carbocycles. The molecule has 0 saturated heterocycles. The van der Waals surface area contributed by atoms with Crippen LogP contribution in [-0.4, -0.2) is 51.1 Å². The average molecular weight is 553 g/mol. The van der Waals surface area contributed by atoms with Gasteiger partial charge in [0.15, 0.2) is 17.5 Å². The molecular formula is C19H29IN4O3S2. The van der Waals surface area contributed by atoms with E-state index in [-0.39, 0.29) is 24.0 Å². The van der Waals surface area contributed by atoms with Crippen molar-refractivity contribution >= 4 is 53.0 Å². The summed E-state index contributed by atoms with van der Waals surface area (Å²) in [6.07, 6.45) is 2.86. The maximum absolute atomic E-state index is 5.40. The zero-order chi connectivity index (χ0) is 20.2. The molecule has 2 aromatic rings. The molecule has 0 radical (unpaired) electrons. The van der Waals surface area contributed by atoms with Crippen LogP contribution in [0.2, 0.25) is 0 Å². The third-order valence-electron chi connectivity index (χ3n) is 3.74. The van der Waals surface area contributed by atoms with Crippen molar-refractivity contribution in [3.05, 3.63) is 29.3 Å². The Labute approximate surface area is 198 Å². The van der Waals surface area contributed by atoms with Crippen molar-refractivity contribution < 1.29 is 14.2 Å². The number of aliphatic imine (C=N–C) groups is 1. The Morgan fingerprint density at radius 3 is 2.41 bits per heavy atom. The van der Waals surface area contributed by atoms with Gasteiger partial charge in [-0.25, -0.2) is 9.98 Å². The number of aromatic nitrogens is 1. The van der Waals surface area contributed by atoms with Gasteiger partial charge >= 0.3 is 0 Å². The van der Waals surface area contributed by atoms with Crippen LogP contribution in [-0.2, 0) is 6.54 Å². The van der Waals surface area contributed by atoms with Crippen LogP contribution in [0.1, 0.15) is 18.9 Å². The SMILES string of the molecule is CCNC(=NCc1cc(OC)c(OC)c(OC)c1)NCCCSc1nccs1.I. The lowest BCUT2D eigenvalue weighted by Gasteiger charge is -2.14. The van der Waals surface area contributed by atoms with E-state index < -0.39 is 0 Å². The van der Waals surface area contributed by atoms with E-state index in [0.717, 1.165) is 41.1 Å². The second-order valence-corrected chi connectivity index (χ2v) is 7.89. The smallest absolute Gasteiger partial charge is 0.203 e. The molecule has 29 heavy (non-hydrogen) atoms. The highest BCUT2D eigenvalue weighted by molar-refractivity contribution is 14.0. The van der Waals surface area contributed by atoms with Crippen molar-refractivity contribution in [3.63, 3.8) is 0 Å². The first-order valence-corrected chi connectivity index (χ1v) is 10.9. The highest BCUT2D eigenvalue weighted by Gasteiger charge is 2.13. The van der Waals surface area contributed by atoms with Gasteiger partial charge in [-0.05, 0) is 31.0 Å². The van der Waals surface area contributed by atoms with Crippen LogP contribution in [0.4, 0.5) is 0 Å². The third-order valence-corrected chi connectivity index (χ3v) is 5.79. The molecule has 0 atom stereocenters. The fourth-order valence-electron chi connectivity index (χ4n) is 2.46.